The average molecular weight is 340 g/mol. The zero-order valence-electron chi connectivity index (χ0n) is 14.7. The molecule has 3 rings (SSSR count). The molecule has 1 saturated heterocycles. The first-order chi connectivity index (χ1) is 12.1. The van der Waals surface area contributed by atoms with Crippen LogP contribution in [-0.2, 0) is 4.79 Å². The van der Waals surface area contributed by atoms with Gasteiger partial charge in [0.05, 0.1) is 17.6 Å². The van der Waals surface area contributed by atoms with E-state index in [9.17, 15) is 9.59 Å². The van der Waals surface area contributed by atoms with Crippen LogP contribution in [0.2, 0.25) is 0 Å². The highest BCUT2D eigenvalue weighted by Crippen LogP contribution is 2.19. The van der Waals surface area contributed by atoms with Gasteiger partial charge in [-0.2, -0.15) is 0 Å². The van der Waals surface area contributed by atoms with Gasteiger partial charge in [0, 0.05) is 37.3 Å². The Hall–Kier alpha value is -2.47. The van der Waals surface area contributed by atoms with Crippen LogP contribution in [0.15, 0.2) is 30.3 Å². The molecule has 0 radical (unpaired) electrons. The van der Waals surface area contributed by atoms with Crippen molar-refractivity contribution >= 4 is 22.7 Å². The van der Waals surface area contributed by atoms with E-state index in [1.165, 1.54) is 0 Å². The number of carbonyl (C=O) groups excluding carboxylic acids is 2. The normalized spacial score (nSPS) is 15.9. The maximum absolute atomic E-state index is 12.8. The number of likely N-dealkylation sites (tertiary alicyclic amines) is 1. The quantitative estimate of drug-likeness (QED) is 0.884. The molecule has 6 nitrogen and oxygen atoms in total. The summed E-state index contributed by atoms with van der Waals surface area (Å²) >= 11 is 0. The van der Waals surface area contributed by atoms with Crippen LogP contribution in [0, 0.1) is 6.92 Å². The lowest BCUT2D eigenvalue weighted by Gasteiger charge is -2.31. The molecule has 2 amide bonds. The first-order valence-corrected chi connectivity index (χ1v) is 8.67. The molecule has 0 atom stereocenters. The van der Waals surface area contributed by atoms with Crippen LogP contribution < -0.4 is 10.6 Å². The van der Waals surface area contributed by atoms with Gasteiger partial charge in [-0.1, -0.05) is 18.2 Å². The van der Waals surface area contributed by atoms with Gasteiger partial charge < -0.3 is 10.6 Å². The molecule has 1 aliphatic heterocycles. The minimum Gasteiger partial charge on any atom is -0.358 e. The van der Waals surface area contributed by atoms with E-state index in [0.717, 1.165) is 42.5 Å². The summed E-state index contributed by atoms with van der Waals surface area (Å²) in [5, 5.41) is 6.67. The van der Waals surface area contributed by atoms with Crippen LogP contribution in [0.1, 0.15) is 28.9 Å². The Labute approximate surface area is 147 Å². The highest BCUT2D eigenvalue weighted by molar-refractivity contribution is 6.06. The standard InChI is InChI=1S/C19H24N4O2/c1-13-11-16(15-5-3-4-6-17(15)21-13)19(25)22-14-7-9-23(10-8-14)12-18(24)20-2/h3-6,11,14H,7-10,12H2,1-2H3,(H,20,24)(H,22,25). The minimum atomic E-state index is -0.0496. The van der Waals surface area contributed by atoms with Gasteiger partial charge in [0.1, 0.15) is 0 Å². The molecule has 1 aromatic heterocycles. The molecular formula is C19H24N4O2. The van der Waals surface area contributed by atoms with Crippen molar-refractivity contribution in [1.82, 2.24) is 20.5 Å². The van der Waals surface area contributed by atoms with Crippen LogP contribution in [0.5, 0.6) is 0 Å². The summed E-state index contributed by atoms with van der Waals surface area (Å²) in [5.74, 6) is -0.0207. The van der Waals surface area contributed by atoms with Gasteiger partial charge in [0.2, 0.25) is 5.91 Å². The maximum atomic E-state index is 12.8. The molecule has 0 bridgehead atoms. The maximum Gasteiger partial charge on any atom is 0.252 e. The van der Waals surface area contributed by atoms with E-state index < -0.39 is 0 Å². The largest absolute Gasteiger partial charge is 0.358 e. The molecule has 0 spiro atoms. The number of nitrogens with one attached hydrogen (secondary N) is 2. The van der Waals surface area contributed by atoms with E-state index >= 15 is 0 Å². The molecule has 2 aromatic rings. The van der Waals surface area contributed by atoms with Crippen molar-refractivity contribution in [3.8, 4) is 0 Å². The highest BCUT2D eigenvalue weighted by atomic mass is 16.2. The van der Waals surface area contributed by atoms with Crippen molar-refractivity contribution < 1.29 is 9.59 Å². The third kappa shape index (κ3) is 4.14. The summed E-state index contributed by atoms with van der Waals surface area (Å²) < 4.78 is 0. The summed E-state index contributed by atoms with van der Waals surface area (Å²) in [4.78, 5) is 30.8. The van der Waals surface area contributed by atoms with Gasteiger partial charge in [0.15, 0.2) is 0 Å². The number of fused-ring (bicyclic) bond motifs is 1. The second kappa shape index (κ2) is 7.61. The molecule has 1 aliphatic rings. The lowest BCUT2D eigenvalue weighted by Crippen LogP contribution is -2.47. The molecule has 1 fully saturated rings. The number of piperidine rings is 1. The molecule has 6 heteroatoms. The summed E-state index contributed by atoms with van der Waals surface area (Å²) in [7, 11) is 1.65. The van der Waals surface area contributed by atoms with Crippen molar-refractivity contribution in [2.24, 2.45) is 0 Å². The first kappa shape index (κ1) is 17.4. The Morgan fingerprint density at radius 2 is 1.96 bits per heavy atom. The van der Waals surface area contributed by atoms with E-state index in [2.05, 4.69) is 20.5 Å². The first-order valence-electron chi connectivity index (χ1n) is 8.67. The Morgan fingerprint density at radius 1 is 1.24 bits per heavy atom. The number of nitrogens with zero attached hydrogens (tertiary/aromatic N) is 2. The number of pyridine rings is 1. The topological polar surface area (TPSA) is 74.3 Å². The summed E-state index contributed by atoms with van der Waals surface area (Å²) in [5.41, 5.74) is 2.35. The van der Waals surface area contributed by atoms with Gasteiger partial charge >= 0.3 is 0 Å². The van der Waals surface area contributed by atoms with Crippen molar-refractivity contribution in [2.75, 3.05) is 26.7 Å². The van der Waals surface area contributed by atoms with Crippen molar-refractivity contribution in [3.63, 3.8) is 0 Å². The Kier molecular flexibility index (Phi) is 5.28. The van der Waals surface area contributed by atoms with Crippen LogP contribution in [0.3, 0.4) is 0 Å². The Bertz CT molecular complexity index is 782. The smallest absolute Gasteiger partial charge is 0.252 e. The number of benzene rings is 1. The third-order valence-electron chi connectivity index (χ3n) is 4.66. The number of likely N-dealkylation sites (N-methyl/N-ethyl adjacent to an activating group) is 1. The summed E-state index contributed by atoms with van der Waals surface area (Å²) in [6.45, 7) is 3.95. The minimum absolute atomic E-state index is 0.0289. The van der Waals surface area contributed by atoms with Gasteiger partial charge in [-0.05, 0) is 31.9 Å². The monoisotopic (exact) mass is 340 g/mol. The fourth-order valence-electron chi connectivity index (χ4n) is 3.28. The molecule has 0 unspecified atom stereocenters. The second-order valence-corrected chi connectivity index (χ2v) is 6.53. The lowest BCUT2D eigenvalue weighted by molar-refractivity contribution is -0.122. The zero-order valence-corrected chi connectivity index (χ0v) is 14.7. The van der Waals surface area contributed by atoms with E-state index in [-0.39, 0.29) is 17.9 Å². The number of para-hydroxylation sites is 1. The van der Waals surface area contributed by atoms with Crippen LogP contribution >= 0.6 is 0 Å². The van der Waals surface area contributed by atoms with Crippen molar-refractivity contribution in [2.45, 2.75) is 25.8 Å². The molecule has 132 valence electrons. The predicted octanol–water partition coefficient (Wildman–Crippen LogP) is 1.48. The fourth-order valence-corrected chi connectivity index (χ4v) is 3.28. The van der Waals surface area contributed by atoms with Crippen LogP contribution in [0.25, 0.3) is 10.9 Å². The molecule has 25 heavy (non-hydrogen) atoms. The van der Waals surface area contributed by atoms with Gasteiger partial charge in [-0.25, -0.2) is 0 Å². The lowest BCUT2D eigenvalue weighted by atomic mass is 10.0. The van der Waals surface area contributed by atoms with E-state index in [1.807, 2.05) is 37.3 Å². The number of rotatable bonds is 4. The van der Waals surface area contributed by atoms with Gasteiger partial charge in [-0.15, -0.1) is 0 Å². The Balaban J connectivity index is 1.65. The Morgan fingerprint density at radius 3 is 2.68 bits per heavy atom. The second-order valence-electron chi connectivity index (χ2n) is 6.53. The van der Waals surface area contributed by atoms with Crippen molar-refractivity contribution in [1.29, 1.82) is 0 Å². The van der Waals surface area contributed by atoms with E-state index in [4.69, 9.17) is 0 Å². The molecule has 1 aromatic carbocycles. The summed E-state index contributed by atoms with van der Waals surface area (Å²) in [6.07, 6.45) is 1.70. The predicted molar refractivity (Wildman–Crippen MR) is 97.5 cm³/mol. The van der Waals surface area contributed by atoms with Crippen molar-refractivity contribution in [3.05, 3.63) is 41.6 Å². The number of carbonyl (C=O) groups is 2. The van der Waals surface area contributed by atoms with Gasteiger partial charge in [-0.3, -0.25) is 19.5 Å². The highest BCUT2D eigenvalue weighted by Gasteiger charge is 2.23. The summed E-state index contributed by atoms with van der Waals surface area (Å²) in [6, 6.07) is 9.70. The molecule has 0 aliphatic carbocycles. The third-order valence-corrected chi connectivity index (χ3v) is 4.66. The molecule has 2 heterocycles. The van der Waals surface area contributed by atoms with E-state index in [0.29, 0.717) is 12.1 Å². The number of hydrogen-bond donors (Lipinski definition) is 2. The zero-order chi connectivity index (χ0) is 17.8. The number of amides is 2. The molecule has 0 saturated carbocycles. The molecule has 2 N–H and O–H groups in total. The number of hydrogen-bond acceptors (Lipinski definition) is 4. The van der Waals surface area contributed by atoms with Crippen LogP contribution in [-0.4, -0.2) is 54.4 Å². The fraction of sp³-hybridized carbons (Fsp3) is 0.421. The average Bonchev–Trinajstić information content (AvgIpc) is 2.62. The van der Waals surface area contributed by atoms with Crippen LogP contribution in [0.4, 0.5) is 0 Å². The van der Waals surface area contributed by atoms with E-state index in [1.54, 1.807) is 7.05 Å². The number of aryl methyl sites for hydroxylation is 1. The molecular weight excluding hydrogens is 316 g/mol. The number of aromatic nitrogens is 1. The van der Waals surface area contributed by atoms with Gasteiger partial charge in [0.25, 0.3) is 5.91 Å². The SMILES string of the molecule is CNC(=O)CN1CCC(NC(=O)c2cc(C)nc3ccccc23)CC1.